The Labute approximate surface area is 127 Å². The Morgan fingerprint density at radius 1 is 1.38 bits per heavy atom. The smallest absolute Gasteiger partial charge is 0.182 e. The van der Waals surface area contributed by atoms with E-state index in [0.717, 1.165) is 5.56 Å². The molecule has 106 valence electrons. The highest BCUT2D eigenvalue weighted by Crippen LogP contribution is 2.15. The molecular weight excluding hydrogens is 288 g/mol. The van der Waals surface area contributed by atoms with Gasteiger partial charge < -0.3 is 5.11 Å². The van der Waals surface area contributed by atoms with Gasteiger partial charge in [-0.25, -0.2) is 0 Å². The summed E-state index contributed by atoms with van der Waals surface area (Å²) in [6.07, 6.45) is 5.33. The third kappa shape index (κ3) is 4.20. The number of amidine groups is 1. The number of nitrogens with one attached hydrogen (secondary N) is 1. The highest BCUT2D eigenvalue weighted by molar-refractivity contribution is 6.31. The van der Waals surface area contributed by atoms with Gasteiger partial charge in [-0.3, -0.25) is 15.3 Å². The Morgan fingerprint density at radius 2 is 2.19 bits per heavy atom. The summed E-state index contributed by atoms with van der Waals surface area (Å²) in [4.78, 5) is 8.20. The average Bonchev–Trinajstić information content (AvgIpc) is 2.48. The highest BCUT2D eigenvalue weighted by Gasteiger charge is 2.05. The maximum absolute atomic E-state index is 9.42. The molecular formula is C15H13ClN4O. The molecule has 0 amide bonds. The molecule has 0 fully saturated rings. The van der Waals surface area contributed by atoms with E-state index in [2.05, 4.69) is 15.3 Å². The van der Waals surface area contributed by atoms with Crippen LogP contribution in [0.25, 0.3) is 0 Å². The van der Waals surface area contributed by atoms with Gasteiger partial charge in [0, 0.05) is 23.3 Å². The molecule has 21 heavy (non-hydrogen) atoms. The van der Waals surface area contributed by atoms with Crippen molar-refractivity contribution in [1.29, 1.82) is 5.26 Å². The van der Waals surface area contributed by atoms with Gasteiger partial charge in [-0.1, -0.05) is 29.8 Å². The molecule has 0 atom stereocenters. The van der Waals surface area contributed by atoms with E-state index in [4.69, 9.17) is 16.9 Å². The first-order valence-corrected chi connectivity index (χ1v) is 6.66. The summed E-state index contributed by atoms with van der Waals surface area (Å²) >= 11 is 6.08. The number of halogens is 1. The molecule has 0 saturated carbocycles. The molecule has 0 bridgehead atoms. The molecule has 2 aromatic rings. The number of nitriles is 1. The molecule has 5 nitrogen and oxygen atoms in total. The lowest BCUT2D eigenvalue weighted by molar-refractivity contribution is 0.472. The highest BCUT2D eigenvalue weighted by atomic mass is 35.5. The monoisotopic (exact) mass is 300 g/mol. The predicted molar refractivity (Wildman–Crippen MR) is 81.2 cm³/mol. The molecule has 0 aliphatic carbocycles. The minimum atomic E-state index is 0.0195. The maximum Gasteiger partial charge on any atom is 0.182 e. The van der Waals surface area contributed by atoms with Gasteiger partial charge in [0.05, 0.1) is 6.20 Å². The molecule has 1 aromatic carbocycles. The number of aliphatic imine (C=N–C) groups is 1. The van der Waals surface area contributed by atoms with E-state index >= 15 is 0 Å². The van der Waals surface area contributed by atoms with Crippen molar-refractivity contribution >= 4 is 17.4 Å². The number of hydrogen-bond donors (Lipinski definition) is 2. The Balaban J connectivity index is 2.12. The van der Waals surface area contributed by atoms with E-state index in [9.17, 15) is 5.11 Å². The lowest BCUT2D eigenvalue weighted by Crippen LogP contribution is -2.20. The first-order valence-electron chi connectivity index (χ1n) is 6.28. The van der Waals surface area contributed by atoms with E-state index in [1.165, 1.54) is 18.5 Å². The van der Waals surface area contributed by atoms with Crippen LogP contribution in [-0.4, -0.2) is 22.5 Å². The van der Waals surface area contributed by atoms with Crippen LogP contribution in [0.4, 0.5) is 0 Å². The maximum atomic E-state index is 9.42. The summed E-state index contributed by atoms with van der Waals surface area (Å²) in [6.45, 7) is 0.462. The zero-order valence-corrected chi connectivity index (χ0v) is 11.9. The number of pyridine rings is 1. The summed E-state index contributed by atoms with van der Waals surface area (Å²) in [5.74, 6) is 0.388. The fraction of sp³-hybridized carbons (Fsp3) is 0.133. The van der Waals surface area contributed by atoms with Crippen LogP contribution >= 0.6 is 11.6 Å². The molecule has 0 unspecified atom stereocenters. The Bertz CT molecular complexity index is 694. The first-order chi connectivity index (χ1) is 10.2. The van der Waals surface area contributed by atoms with Crippen molar-refractivity contribution < 1.29 is 5.11 Å². The number of rotatable bonds is 4. The molecule has 0 aliphatic rings. The fourth-order valence-electron chi connectivity index (χ4n) is 1.80. The Morgan fingerprint density at radius 3 is 2.90 bits per heavy atom. The van der Waals surface area contributed by atoms with E-state index < -0.39 is 0 Å². The van der Waals surface area contributed by atoms with E-state index in [0.29, 0.717) is 29.4 Å². The Hall–Kier alpha value is -2.58. The van der Waals surface area contributed by atoms with Crippen molar-refractivity contribution in [2.45, 2.75) is 6.42 Å². The molecule has 0 spiro atoms. The lowest BCUT2D eigenvalue weighted by Gasteiger charge is -2.05. The van der Waals surface area contributed by atoms with Gasteiger partial charge in [0.1, 0.15) is 11.6 Å². The van der Waals surface area contributed by atoms with Crippen LogP contribution < -0.4 is 5.32 Å². The average molecular weight is 301 g/mol. The molecule has 1 aromatic heterocycles. The van der Waals surface area contributed by atoms with Gasteiger partial charge in [-0.2, -0.15) is 5.26 Å². The van der Waals surface area contributed by atoms with Crippen LogP contribution in [0.2, 0.25) is 5.02 Å². The van der Waals surface area contributed by atoms with Crippen molar-refractivity contribution in [3.8, 4) is 11.9 Å². The van der Waals surface area contributed by atoms with Gasteiger partial charge in [0.2, 0.25) is 0 Å². The van der Waals surface area contributed by atoms with Crippen molar-refractivity contribution in [1.82, 2.24) is 10.3 Å². The number of nitrogens with zero attached hydrogens (tertiary/aromatic N) is 3. The van der Waals surface area contributed by atoms with Gasteiger partial charge in [-0.15, -0.1) is 0 Å². The third-order valence-corrected chi connectivity index (χ3v) is 3.15. The van der Waals surface area contributed by atoms with Crippen LogP contribution in [0, 0.1) is 11.5 Å². The number of hydrogen-bond acceptors (Lipinski definition) is 4. The minimum Gasteiger partial charge on any atom is -0.506 e. The van der Waals surface area contributed by atoms with Crippen molar-refractivity contribution in [3.63, 3.8) is 0 Å². The zero-order valence-electron chi connectivity index (χ0n) is 11.1. The molecule has 2 N–H and O–H groups in total. The van der Waals surface area contributed by atoms with Gasteiger partial charge in [-0.05, 0) is 24.1 Å². The summed E-state index contributed by atoms with van der Waals surface area (Å²) < 4.78 is 0. The second-order valence-corrected chi connectivity index (χ2v) is 4.65. The topological polar surface area (TPSA) is 81.3 Å². The summed E-state index contributed by atoms with van der Waals surface area (Å²) in [5.41, 5.74) is 1.55. The molecule has 2 rings (SSSR count). The van der Waals surface area contributed by atoms with E-state index in [-0.39, 0.29) is 5.75 Å². The van der Waals surface area contributed by atoms with Crippen molar-refractivity contribution in [2.24, 2.45) is 4.99 Å². The fourth-order valence-corrected chi connectivity index (χ4v) is 2.03. The minimum absolute atomic E-state index is 0.0195. The Kier molecular flexibility index (Phi) is 5.13. The first kappa shape index (κ1) is 14.8. The molecule has 6 heteroatoms. The molecule has 0 aliphatic heterocycles. The van der Waals surface area contributed by atoms with Crippen molar-refractivity contribution in [2.75, 3.05) is 6.54 Å². The number of benzene rings is 1. The predicted octanol–water partition coefficient (Wildman–Crippen LogP) is 2.50. The van der Waals surface area contributed by atoms with E-state index in [1.54, 1.807) is 0 Å². The lowest BCUT2D eigenvalue weighted by atomic mass is 10.1. The summed E-state index contributed by atoms with van der Waals surface area (Å²) in [7, 11) is 0. The number of aromatic nitrogens is 1. The van der Waals surface area contributed by atoms with Gasteiger partial charge >= 0.3 is 0 Å². The quantitative estimate of drug-likeness (QED) is 0.393. The molecule has 0 radical (unpaired) electrons. The third-order valence-electron chi connectivity index (χ3n) is 2.78. The standard InChI is InChI=1S/C15H13ClN4O/c16-14-4-2-1-3-11(14)5-6-19-15(20-10-17)12-7-13(21)9-18-8-12/h1-4,7-9,21H,5-6H2,(H,19,20). The number of aromatic hydroxyl groups is 1. The second kappa shape index (κ2) is 7.27. The normalized spacial score (nSPS) is 11.0. The largest absolute Gasteiger partial charge is 0.506 e. The van der Waals surface area contributed by atoms with Crippen LogP contribution in [0.3, 0.4) is 0 Å². The molecule has 1 heterocycles. The van der Waals surface area contributed by atoms with Crippen LogP contribution in [-0.2, 0) is 6.42 Å². The van der Waals surface area contributed by atoms with Crippen LogP contribution in [0.1, 0.15) is 11.1 Å². The summed E-state index contributed by atoms with van der Waals surface area (Å²) in [5, 5.41) is 21.4. The SMILES string of the molecule is N#CNC(=NCCc1ccccc1Cl)c1cncc(O)c1. The van der Waals surface area contributed by atoms with Crippen molar-refractivity contribution in [3.05, 3.63) is 58.9 Å². The van der Waals surface area contributed by atoms with E-state index in [1.807, 2.05) is 30.5 Å². The second-order valence-electron chi connectivity index (χ2n) is 4.24. The van der Waals surface area contributed by atoms with Gasteiger partial charge in [0.25, 0.3) is 0 Å². The summed E-state index contributed by atoms with van der Waals surface area (Å²) in [6, 6.07) is 9.04. The van der Waals surface area contributed by atoms with Gasteiger partial charge in [0.15, 0.2) is 6.19 Å². The zero-order chi connectivity index (χ0) is 15.1. The molecule has 0 saturated heterocycles. The van der Waals surface area contributed by atoms with Crippen LogP contribution in [0.15, 0.2) is 47.7 Å². The van der Waals surface area contributed by atoms with Crippen LogP contribution in [0.5, 0.6) is 5.75 Å².